The van der Waals surface area contributed by atoms with Gasteiger partial charge < -0.3 is 5.32 Å². The number of halogens is 2. The van der Waals surface area contributed by atoms with Crippen molar-refractivity contribution in [3.63, 3.8) is 0 Å². The van der Waals surface area contributed by atoms with E-state index in [1.807, 2.05) is 18.2 Å². The predicted molar refractivity (Wildman–Crippen MR) is 73.8 cm³/mol. The summed E-state index contributed by atoms with van der Waals surface area (Å²) in [4.78, 5) is 2.36. The summed E-state index contributed by atoms with van der Waals surface area (Å²) >= 11 is 12.1. The third-order valence-corrected chi connectivity index (χ3v) is 3.92. The molecule has 0 amide bonds. The van der Waals surface area contributed by atoms with Crippen LogP contribution in [-0.2, 0) is 6.54 Å². The number of nitrogens with one attached hydrogen (secondary N) is 1. The van der Waals surface area contributed by atoms with Crippen molar-refractivity contribution in [3.05, 3.63) is 33.8 Å². The molecule has 2 nitrogen and oxygen atoms in total. The summed E-state index contributed by atoms with van der Waals surface area (Å²) in [6, 6.07) is 6.33. The Morgan fingerprint density at radius 1 is 1.41 bits per heavy atom. The summed E-state index contributed by atoms with van der Waals surface area (Å²) in [7, 11) is 2.16. The quantitative estimate of drug-likeness (QED) is 0.910. The Kier molecular flexibility index (Phi) is 4.69. The number of hydrogen-bond acceptors (Lipinski definition) is 2. The zero-order chi connectivity index (χ0) is 12.3. The fourth-order valence-electron chi connectivity index (χ4n) is 2.26. The molecule has 4 heteroatoms. The van der Waals surface area contributed by atoms with Gasteiger partial charge >= 0.3 is 0 Å². The second kappa shape index (κ2) is 6.05. The molecule has 0 spiro atoms. The molecule has 1 heterocycles. The average Bonchev–Trinajstić information content (AvgIpc) is 2.34. The van der Waals surface area contributed by atoms with Gasteiger partial charge in [0.25, 0.3) is 0 Å². The lowest BCUT2D eigenvalue weighted by Gasteiger charge is -2.31. The molecule has 0 saturated carbocycles. The maximum absolute atomic E-state index is 6.19. The molecule has 1 aromatic carbocycles. The van der Waals surface area contributed by atoms with Crippen LogP contribution in [0.15, 0.2) is 18.2 Å². The minimum Gasteiger partial charge on any atom is -0.315 e. The molecule has 2 rings (SSSR count). The van der Waals surface area contributed by atoms with E-state index in [1.54, 1.807) is 0 Å². The molecule has 1 atom stereocenters. The number of nitrogens with zero attached hydrogens (tertiary/aromatic N) is 1. The maximum Gasteiger partial charge on any atom is 0.0465 e. The third-order valence-electron chi connectivity index (χ3n) is 3.33. The van der Waals surface area contributed by atoms with Crippen molar-refractivity contribution < 1.29 is 0 Å². The van der Waals surface area contributed by atoms with Crippen LogP contribution in [0.25, 0.3) is 0 Å². The molecule has 1 aliphatic rings. The first-order valence-electron chi connectivity index (χ1n) is 6.01. The van der Waals surface area contributed by atoms with Crippen molar-refractivity contribution in [2.45, 2.75) is 25.4 Å². The molecule has 0 unspecified atom stereocenters. The van der Waals surface area contributed by atoms with E-state index in [9.17, 15) is 0 Å². The van der Waals surface area contributed by atoms with Crippen LogP contribution in [0.4, 0.5) is 0 Å². The van der Waals surface area contributed by atoms with Crippen molar-refractivity contribution in [1.29, 1.82) is 0 Å². The first-order valence-corrected chi connectivity index (χ1v) is 6.77. The standard InChI is InChI=1S/C13H18Cl2N2/c1-17(12-3-2-6-16-8-12)9-10-4-5-11(14)7-13(10)15/h4-5,7,12,16H,2-3,6,8-9H2,1H3/t12-/m0/s1. The Morgan fingerprint density at radius 2 is 2.24 bits per heavy atom. The average molecular weight is 273 g/mol. The highest BCUT2D eigenvalue weighted by atomic mass is 35.5. The van der Waals surface area contributed by atoms with Crippen LogP contribution in [0.5, 0.6) is 0 Å². The molecular weight excluding hydrogens is 255 g/mol. The second-order valence-electron chi connectivity index (χ2n) is 4.65. The molecule has 1 saturated heterocycles. The van der Waals surface area contributed by atoms with Gasteiger partial charge in [0.05, 0.1) is 0 Å². The normalized spacial score (nSPS) is 20.8. The van der Waals surface area contributed by atoms with Crippen LogP contribution in [0.3, 0.4) is 0 Å². The first kappa shape index (κ1) is 13.2. The number of rotatable bonds is 3. The smallest absolute Gasteiger partial charge is 0.0465 e. The van der Waals surface area contributed by atoms with Gasteiger partial charge in [-0.25, -0.2) is 0 Å². The minimum absolute atomic E-state index is 0.607. The Bertz CT molecular complexity index is 376. The highest BCUT2D eigenvalue weighted by Gasteiger charge is 2.18. The van der Waals surface area contributed by atoms with Crippen molar-refractivity contribution in [3.8, 4) is 0 Å². The molecule has 0 aliphatic carbocycles. The summed E-state index contributed by atoms with van der Waals surface area (Å²) in [6.07, 6.45) is 2.51. The Hall–Kier alpha value is -0.280. The lowest BCUT2D eigenvalue weighted by Crippen LogP contribution is -2.43. The zero-order valence-corrected chi connectivity index (χ0v) is 11.6. The van der Waals surface area contributed by atoms with Gasteiger partial charge in [-0.2, -0.15) is 0 Å². The molecule has 0 radical (unpaired) electrons. The van der Waals surface area contributed by atoms with E-state index in [-0.39, 0.29) is 0 Å². The van der Waals surface area contributed by atoms with Crippen LogP contribution in [-0.4, -0.2) is 31.1 Å². The SMILES string of the molecule is CN(Cc1ccc(Cl)cc1Cl)[C@H]1CCCNC1. The van der Waals surface area contributed by atoms with Gasteiger partial charge in [0.15, 0.2) is 0 Å². The Morgan fingerprint density at radius 3 is 2.88 bits per heavy atom. The van der Waals surface area contributed by atoms with Gasteiger partial charge in [-0.05, 0) is 44.1 Å². The first-order chi connectivity index (χ1) is 8.16. The summed E-state index contributed by atoms with van der Waals surface area (Å²) in [5.74, 6) is 0. The minimum atomic E-state index is 0.607. The Labute approximate surface area is 113 Å². The van der Waals surface area contributed by atoms with E-state index in [0.717, 1.165) is 30.2 Å². The fraction of sp³-hybridized carbons (Fsp3) is 0.538. The van der Waals surface area contributed by atoms with Gasteiger partial charge in [0.2, 0.25) is 0 Å². The largest absolute Gasteiger partial charge is 0.315 e. The van der Waals surface area contributed by atoms with Crippen LogP contribution >= 0.6 is 23.2 Å². The molecule has 1 fully saturated rings. The highest BCUT2D eigenvalue weighted by molar-refractivity contribution is 6.35. The van der Waals surface area contributed by atoms with E-state index in [1.165, 1.54) is 12.8 Å². The molecule has 17 heavy (non-hydrogen) atoms. The summed E-state index contributed by atoms with van der Waals surface area (Å²) in [5.41, 5.74) is 1.14. The van der Waals surface area contributed by atoms with Crippen LogP contribution in [0.1, 0.15) is 18.4 Å². The van der Waals surface area contributed by atoms with Crippen molar-refractivity contribution in [2.24, 2.45) is 0 Å². The van der Waals surface area contributed by atoms with Gasteiger partial charge in [0, 0.05) is 29.2 Å². The Balaban J connectivity index is 1.99. The monoisotopic (exact) mass is 272 g/mol. The van der Waals surface area contributed by atoms with Gasteiger partial charge in [-0.1, -0.05) is 29.3 Å². The summed E-state index contributed by atoms with van der Waals surface area (Å²) in [6.45, 7) is 3.09. The third kappa shape index (κ3) is 3.59. The van der Waals surface area contributed by atoms with Gasteiger partial charge in [-0.15, -0.1) is 0 Å². The van der Waals surface area contributed by atoms with E-state index in [0.29, 0.717) is 11.1 Å². The van der Waals surface area contributed by atoms with E-state index < -0.39 is 0 Å². The van der Waals surface area contributed by atoms with E-state index >= 15 is 0 Å². The molecule has 1 aromatic rings. The van der Waals surface area contributed by atoms with E-state index in [2.05, 4.69) is 17.3 Å². The predicted octanol–water partition coefficient (Wildman–Crippen LogP) is 3.18. The second-order valence-corrected chi connectivity index (χ2v) is 5.49. The topological polar surface area (TPSA) is 15.3 Å². The number of benzene rings is 1. The summed E-state index contributed by atoms with van der Waals surface area (Å²) in [5, 5.41) is 4.88. The number of piperidine rings is 1. The molecule has 0 aromatic heterocycles. The van der Waals surface area contributed by atoms with Crippen LogP contribution in [0.2, 0.25) is 10.0 Å². The maximum atomic E-state index is 6.19. The number of likely N-dealkylation sites (N-methyl/N-ethyl adjacent to an activating group) is 1. The molecule has 0 bridgehead atoms. The molecule has 1 N–H and O–H groups in total. The molecule has 94 valence electrons. The fourth-order valence-corrected chi connectivity index (χ4v) is 2.73. The molecular formula is C13H18Cl2N2. The van der Waals surface area contributed by atoms with Crippen molar-refractivity contribution in [1.82, 2.24) is 10.2 Å². The van der Waals surface area contributed by atoms with Crippen molar-refractivity contribution in [2.75, 3.05) is 20.1 Å². The van der Waals surface area contributed by atoms with Gasteiger partial charge in [-0.3, -0.25) is 4.90 Å². The zero-order valence-electron chi connectivity index (χ0n) is 10.0. The summed E-state index contributed by atoms with van der Waals surface area (Å²) < 4.78 is 0. The highest BCUT2D eigenvalue weighted by Crippen LogP contribution is 2.23. The van der Waals surface area contributed by atoms with Crippen LogP contribution in [0, 0.1) is 0 Å². The lowest BCUT2D eigenvalue weighted by atomic mass is 10.1. The molecule has 1 aliphatic heterocycles. The van der Waals surface area contributed by atoms with Crippen LogP contribution < -0.4 is 5.32 Å². The lowest BCUT2D eigenvalue weighted by molar-refractivity contribution is 0.196. The van der Waals surface area contributed by atoms with Gasteiger partial charge in [0.1, 0.15) is 0 Å². The number of hydrogen-bond donors (Lipinski definition) is 1. The van der Waals surface area contributed by atoms with E-state index in [4.69, 9.17) is 23.2 Å². The van der Waals surface area contributed by atoms with Crippen molar-refractivity contribution >= 4 is 23.2 Å².